The van der Waals surface area contributed by atoms with Crippen molar-refractivity contribution in [1.29, 1.82) is 0 Å². The number of ether oxygens (including phenoxy) is 1. The van der Waals surface area contributed by atoms with E-state index in [1.165, 1.54) is 12.1 Å². The summed E-state index contributed by atoms with van der Waals surface area (Å²) in [5.41, 5.74) is 2.58. The molecule has 31 heavy (non-hydrogen) atoms. The van der Waals surface area contributed by atoms with Crippen LogP contribution < -0.4 is 4.74 Å². The Bertz CT molecular complexity index is 1270. The van der Waals surface area contributed by atoms with Crippen LogP contribution in [-0.2, 0) is 6.54 Å². The standard InChI is InChI=1S/C23H20ClFN4O2/c1-13-26-12-21(31-13)18-7-5-14(10-20(18)30-2)22-27-28-23-17(4-3-9-29(22)23)16-8-6-15(25)11-19(16)24/h5-8,10-12,17H,3-4,9H2,1-2H3. The number of hydrogen-bond donors (Lipinski definition) is 0. The molecule has 0 bridgehead atoms. The lowest BCUT2D eigenvalue weighted by Gasteiger charge is -2.24. The number of fused-ring (bicyclic) bond motifs is 1. The molecule has 1 aliphatic rings. The van der Waals surface area contributed by atoms with Gasteiger partial charge in [-0.3, -0.25) is 0 Å². The van der Waals surface area contributed by atoms with Crippen molar-refractivity contribution >= 4 is 11.6 Å². The summed E-state index contributed by atoms with van der Waals surface area (Å²) in [6, 6.07) is 10.4. The average Bonchev–Trinajstić information content (AvgIpc) is 3.39. The molecule has 0 amide bonds. The Kier molecular flexibility index (Phi) is 4.98. The van der Waals surface area contributed by atoms with Crippen LogP contribution in [-0.4, -0.2) is 26.9 Å². The van der Waals surface area contributed by atoms with Crippen LogP contribution in [0, 0.1) is 12.7 Å². The monoisotopic (exact) mass is 438 g/mol. The molecule has 2 aromatic carbocycles. The van der Waals surface area contributed by atoms with Crippen LogP contribution in [0.4, 0.5) is 4.39 Å². The first-order valence-electron chi connectivity index (χ1n) is 10.0. The van der Waals surface area contributed by atoms with Gasteiger partial charge in [-0.15, -0.1) is 10.2 Å². The highest BCUT2D eigenvalue weighted by Crippen LogP contribution is 2.39. The van der Waals surface area contributed by atoms with Gasteiger partial charge >= 0.3 is 0 Å². The molecule has 3 heterocycles. The van der Waals surface area contributed by atoms with Crippen LogP contribution in [0.3, 0.4) is 0 Å². The summed E-state index contributed by atoms with van der Waals surface area (Å²) < 4.78 is 26.9. The molecule has 0 spiro atoms. The van der Waals surface area contributed by atoms with Crippen LogP contribution >= 0.6 is 11.6 Å². The maximum absolute atomic E-state index is 13.5. The van der Waals surface area contributed by atoms with Crippen molar-refractivity contribution in [3.05, 3.63) is 70.7 Å². The summed E-state index contributed by atoms with van der Waals surface area (Å²) >= 11 is 6.34. The van der Waals surface area contributed by atoms with Gasteiger partial charge in [-0.2, -0.15) is 0 Å². The van der Waals surface area contributed by atoms with E-state index in [0.717, 1.165) is 47.7 Å². The van der Waals surface area contributed by atoms with Crippen LogP contribution in [0.2, 0.25) is 5.02 Å². The fraction of sp³-hybridized carbons (Fsp3) is 0.261. The fourth-order valence-corrected chi connectivity index (χ4v) is 4.49. The summed E-state index contributed by atoms with van der Waals surface area (Å²) in [6.07, 6.45) is 3.52. The molecule has 1 unspecified atom stereocenters. The van der Waals surface area contributed by atoms with E-state index in [1.807, 2.05) is 18.2 Å². The second-order valence-corrected chi connectivity index (χ2v) is 7.96. The molecule has 5 rings (SSSR count). The number of rotatable bonds is 4. The molecule has 0 aliphatic carbocycles. The SMILES string of the molecule is COc1cc(-c2nnc3n2CCCC3c2ccc(F)cc2Cl)ccc1-c1cnc(C)o1. The first-order chi connectivity index (χ1) is 15.0. The van der Waals surface area contributed by atoms with E-state index in [1.54, 1.807) is 26.3 Å². The summed E-state index contributed by atoms with van der Waals surface area (Å²) in [5, 5.41) is 9.38. The van der Waals surface area contributed by atoms with Gasteiger partial charge in [0.1, 0.15) is 17.4 Å². The van der Waals surface area contributed by atoms with E-state index >= 15 is 0 Å². The Morgan fingerprint density at radius 2 is 2.06 bits per heavy atom. The van der Waals surface area contributed by atoms with Crippen LogP contribution in [0.1, 0.15) is 36.0 Å². The van der Waals surface area contributed by atoms with Crippen molar-refractivity contribution in [2.45, 2.75) is 32.2 Å². The third kappa shape index (κ3) is 3.49. The molecule has 1 atom stereocenters. The molecular weight excluding hydrogens is 419 g/mol. The molecule has 0 radical (unpaired) electrons. The number of aromatic nitrogens is 4. The molecule has 0 fully saturated rings. The molecule has 0 N–H and O–H groups in total. The third-order valence-corrected chi connectivity index (χ3v) is 5.98. The van der Waals surface area contributed by atoms with Crippen molar-refractivity contribution in [3.8, 4) is 28.5 Å². The number of hydrogen-bond acceptors (Lipinski definition) is 5. The van der Waals surface area contributed by atoms with Gasteiger partial charge in [0.25, 0.3) is 0 Å². The number of nitrogens with zero attached hydrogens (tertiary/aromatic N) is 4. The van der Waals surface area contributed by atoms with Gasteiger partial charge in [0.2, 0.25) is 0 Å². The van der Waals surface area contributed by atoms with Gasteiger partial charge in [-0.05, 0) is 42.7 Å². The van der Waals surface area contributed by atoms with Gasteiger partial charge < -0.3 is 13.7 Å². The lowest BCUT2D eigenvalue weighted by molar-refractivity contribution is 0.414. The maximum atomic E-state index is 13.5. The summed E-state index contributed by atoms with van der Waals surface area (Å²) in [4.78, 5) is 4.17. The molecule has 1 aliphatic heterocycles. The average molecular weight is 439 g/mol. The van der Waals surface area contributed by atoms with Gasteiger partial charge in [0.15, 0.2) is 17.5 Å². The third-order valence-electron chi connectivity index (χ3n) is 5.65. The number of halogens is 2. The molecule has 0 saturated carbocycles. The molecule has 8 heteroatoms. The van der Waals surface area contributed by atoms with E-state index < -0.39 is 0 Å². The molecule has 4 aromatic rings. The zero-order chi connectivity index (χ0) is 21.5. The predicted octanol–water partition coefficient (Wildman–Crippen LogP) is 5.64. The largest absolute Gasteiger partial charge is 0.496 e. The molecule has 6 nitrogen and oxygen atoms in total. The van der Waals surface area contributed by atoms with Gasteiger partial charge in [0, 0.05) is 30.0 Å². The van der Waals surface area contributed by atoms with Crippen molar-refractivity contribution in [2.24, 2.45) is 0 Å². The van der Waals surface area contributed by atoms with E-state index in [2.05, 4.69) is 19.7 Å². The van der Waals surface area contributed by atoms with Crippen LogP contribution in [0.15, 0.2) is 47.0 Å². The highest BCUT2D eigenvalue weighted by atomic mass is 35.5. The molecule has 0 saturated heterocycles. The van der Waals surface area contributed by atoms with Crippen molar-refractivity contribution in [2.75, 3.05) is 7.11 Å². The minimum atomic E-state index is -0.346. The first kappa shape index (κ1) is 19.8. The lowest BCUT2D eigenvalue weighted by atomic mass is 9.91. The summed E-state index contributed by atoms with van der Waals surface area (Å²) in [7, 11) is 1.62. The molecule has 2 aromatic heterocycles. The number of aryl methyl sites for hydroxylation is 1. The highest BCUT2D eigenvalue weighted by Gasteiger charge is 2.29. The van der Waals surface area contributed by atoms with Gasteiger partial charge in [-0.1, -0.05) is 23.7 Å². The minimum Gasteiger partial charge on any atom is -0.496 e. The van der Waals surface area contributed by atoms with Crippen molar-refractivity contribution < 1.29 is 13.5 Å². The Morgan fingerprint density at radius 3 is 2.81 bits per heavy atom. The number of oxazole rings is 1. The first-order valence-corrected chi connectivity index (χ1v) is 10.4. The zero-order valence-electron chi connectivity index (χ0n) is 17.1. The number of methoxy groups -OCH3 is 1. The lowest BCUT2D eigenvalue weighted by Crippen LogP contribution is -2.18. The van der Waals surface area contributed by atoms with Gasteiger partial charge in [0.05, 0.1) is 18.9 Å². The minimum absolute atomic E-state index is 0.0264. The smallest absolute Gasteiger partial charge is 0.191 e. The quantitative estimate of drug-likeness (QED) is 0.412. The fourth-order valence-electron chi connectivity index (χ4n) is 4.19. The zero-order valence-corrected chi connectivity index (χ0v) is 17.9. The second-order valence-electron chi connectivity index (χ2n) is 7.55. The van der Waals surface area contributed by atoms with Crippen LogP contribution in [0.5, 0.6) is 5.75 Å². The summed E-state index contributed by atoms with van der Waals surface area (Å²) in [6.45, 7) is 2.61. The van der Waals surface area contributed by atoms with E-state index in [4.69, 9.17) is 20.8 Å². The van der Waals surface area contributed by atoms with E-state index in [-0.39, 0.29) is 11.7 Å². The second kappa shape index (κ2) is 7.81. The Hall–Kier alpha value is -3.19. The van der Waals surface area contributed by atoms with Crippen LogP contribution in [0.25, 0.3) is 22.7 Å². The maximum Gasteiger partial charge on any atom is 0.191 e. The van der Waals surface area contributed by atoms with Crippen molar-refractivity contribution in [3.63, 3.8) is 0 Å². The van der Waals surface area contributed by atoms with Crippen molar-refractivity contribution in [1.82, 2.24) is 19.7 Å². The Morgan fingerprint density at radius 1 is 1.19 bits per heavy atom. The normalized spacial score (nSPS) is 15.7. The summed E-state index contributed by atoms with van der Waals surface area (Å²) in [5.74, 6) is 3.13. The topological polar surface area (TPSA) is 66.0 Å². The predicted molar refractivity (Wildman–Crippen MR) is 115 cm³/mol. The molecule has 158 valence electrons. The number of benzene rings is 2. The highest BCUT2D eigenvalue weighted by molar-refractivity contribution is 6.31. The Balaban J connectivity index is 1.55. The molecular formula is C23H20ClFN4O2. The van der Waals surface area contributed by atoms with E-state index in [9.17, 15) is 4.39 Å². The van der Waals surface area contributed by atoms with Gasteiger partial charge in [-0.25, -0.2) is 9.37 Å². The van der Waals surface area contributed by atoms with E-state index in [0.29, 0.717) is 22.4 Å². The Labute approximate surface area is 183 Å².